The van der Waals surface area contributed by atoms with E-state index in [1.807, 2.05) is 0 Å². The third-order valence-corrected chi connectivity index (χ3v) is 2.94. The molecule has 0 saturated carbocycles. The highest BCUT2D eigenvalue weighted by atomic mass is 15.2. The smallest absolute Gasteiger partial charge is 0.138 e. The van der Waals surface area contributed by atoms with Crippen molar-refractivity contribution >= 4 is 0 Å². The van der Waals surface area contributed by atoms with Gasteiger partial charge in [0.1, 0.15) is 12.2 Å². The minimum absolute atomic E-state index is 0.298. The van der Waals surface area contributed by atoms with Gasteiger partial charge in [-0.1, -0.05) is 6.92 Å². The van der Waals surface area contributed by atoms with Crippen LogP contribution in [0.2, 0.25) is 0 Å². The van der Waals surface area contributed by atoms with Crippen LogP contribution in [0.15, 0.2) is 6.33 Å². The number of hydrogen-bond donors (Lipinski definition) is 2. The van der Waals surface area contributed by atoms with Crippen molar-refractivity contribution in [3.63, 3.8) is 0 Å². The van der Waals surface area contributed by atoms with Crippen molar-refractivity contribution in [3.8, 4) is 0 Å². The molecule has 14 heavy (non-hydrogen) atoms. The van der Waals surface area contributed by atoms with Gasteiger partial charge in [-0.3, -0.25) is 10.00 Å². The van der Waals surface area contributed by atoms with E-state index >= 15 is 0 Å². The van der Waals surface area contributed by atoms with Gasteiger partial charge < -0.3 is 5.73 Å². The van der Waals surface area contributed by atoms with Crippen molar-refractivity contribution in [2.24, 2.45) is 11.7 Å². The molecule has 1 aliphatic heterocycles. The Labute approximate surface area is 83.7 Å². The summed E-state index contributed by atoms with van der Waals surface area (Å²) in [6.45, 7) is 5.12. The van der Waals surface area contributed by atoms with E-state index in [2.05, 4.69) is 27.0 Å². The van der Waals surface area contributed by atoms with Crippen molar-refractivity contribution in [2.75, 3.05) is 13.1 Å². The Balaban J connectivity index is 1.88. The monoisotopic (exact) mass is 195 g/mol. The molecule has 2 heterocycles. The lowest BCUT2D eigenvalue weighted by Crippen LogP contribution is -2.47. The van der Waals surface area contributed by atoms with Crippen molar-refractivity contribution in [2.45, 2.75) is 25.9 Å². The summed E-state index contributed by atoms with van der Waals surface area (Å²) in [7, 11) is 0. The van der Waals surface area contributed by atoms with Crippen LogP contribution in [0.5, 0.6) is 0 Å². The van der Waals surface area contributed by atoms with Gasteiger partial charge in [-0.15, -0.1) is 0 Å². The van der Waals surface area contributed by atoms with Crippen molar-refractivity contribution in [1.82, 2.24) is 20.1 Å². The van der Waals surface area contributed by atoms with E-state index in [0.29, 0.717) is 12.0 Å². The highest BCUT2D eigenvalue weighted by Crippen LogP contribution is 2.16. The molecule has 2 unspecified atom stereocenters. The largest absolute Gasteiger partial charge is 0.326 e. The number of aromatic amines is 1. The van der Waals surface area contributed by atoms with Crippen LogP contribution in [0, 0.1) is 5.92 Å². The fraction of sp³-hybridized carbons (Fsp3) is 0.778. The van der Waals surface area contributed by atoms with E-state index in [1.54, 1.807) is 6.33 Å². The lowest BCUT2D eigenvalue weighted by molar-refractivity contribution is 0.159. The summed E-state index contributed by atoms with van der Waals surface area (Å²) < 4.78 is 0. The Kier molecular flexibility index (Phi) is 2.79. The van der Waals surface area contributed by atoms with Crippen LogP contribution in [-0.4, -0.2) is 39.2 Å². The molecule has 2 rings (SSSR count). The quantitative estimate of drug-likeness (QED) is 0.695. The van der Waals surface area contributed by atoms with Crippen molar-refractivity contribution < 1.29 is 0 Å². The second-order valence-electron chi connectivity index (χ2n) is 4.10. The van der Waals surface area contributed by atoms with Crippen LogP contribution < -0.4 is 5.73 Å². The molecule has 1 aromatic heterocycles. The summed E-state index contributed by atoms with van der Waals surface area (Å²) in [5.41, 5.74) is 6.01. The Hall–Kier alpha value is -0.940. The van der Waals surface area contributed by atoms with E-state index in [-0.39, 0.29) is 0 Å². The van der Waals surface area contributed by atoms with Crippen LogP contribution in [0.25, 0.3) is 0 Å². The fourth-order valence-corrected chi connectivity index (χ4v) is 1.83. The molecule has 0 radical (unpaired) electrons. The van der Waals surface area contributed by atoms with Gasteiger partial charge in [-0.25, -0.2) is 4.98 Å². The number of aromatic nitrogens is 3. The zero-order valence-corrected chi connectivity index (χ0v) is 8.48. The van der Waals surface area contributed by atoms with Crippen LogP contribution in [0.3, 0.4) is 0 Å². The first-order valence-corrected chi connectivity index (χ1v) is 5.08. The Morgan fingerprint density at radius 3 is 3.21 bits per heavy atom. The molecule has 3 N–H and O–H groups in total. The molecule has 1 fully saturated rings. The number of nitrogens with one attached hydrogen (secondary N) is 1. The minimum atomic E-state index is 0.298. The maximum atomic E-state index is 6.01. The van der Waals surface area contributed by atoms with E-state index in [0.717, 1.165) is 25.5 Å². The molecule has 1 aromatic rings. The number of nitrogens with two attached hydrogens (primary N) is 1. The number of H-pyrrole nitrogens is 1. The number of hydrogen-bond acceptors (Lipinski definition) is 4. The van der Waals surface area contributed by atoms with Gasteiger partial charge in [-0.2, -0.15) is 5.10 Å². The summed E-state index contributed by atoms with van der Waals surface area (Å²) in [5, 5.41) is 6.69. The standard InChI is InChI=1S/C9H17N5/c1-7-2-3-14(4-8(7)10)5-9-11-6-12-13-9/h6-8H,2-5,10H2,1H3,(H,11,12,13). The second-order valence-corrected chi connectivity index (χ2v) is 4.10. The van der Waals surface area contributed by atoms with Gasteiger partial charge in [-0.05, 0) is 18.9 Å². The van der Waals surface area contributed by atoms with Gasteiger partial charge in [0.05, 0.1) is 6.54 Å². The van der Waals surface area contributed by atoms with Gasteiger partial charge in [0.15, 0.2) is 0 Å². The summed E-state index contributed by atoms with van der Waals surface area (Å²) in [6, 6.07) is 0.298. The molecule has 0 aromatic carbocycles. The first-order valence-electron chi connectivity index (χ1n) is 5.08. The molecule has 2 atom stereocenters. The molecule has 5 heteroatoms. The maximum Gasteiger partial charge on any atom is 0.138 e. The summed E-state index contributed by atoms with van der Waals surface area (Å²) in [4.78, 5) is 6.43. The third-order valence-electron chi connectivity index (χ3n) is 2.94. The third kappa shape index (κ3) is 2.10. The average Bonchev–Trinajstić information content (AvgIpc) is 2.64. The number of rotatable bonds is 2. The van der Waals surface area contributed by atoms with E-state index < -0.39 is 0 Å². The normalized spacial score (nSPS) is 29.3. The summed E-state index contributed by atoms with van der Waals surface area (Å²) >= 11 is 0. The summed E-state index contributed by atoms with van der Waals surface area (Å²) in [5.74, 6) is 1.56. The number of likely N-dealkylation sites (tertiary alicyclic amines) is 1. The van der Waals surface area contributed by atoms with E-state index in [4.69, 9.17) is 5.73 Å². The molecule has 0 spiro atoms. The Morgan fingerprint density at radius 1 is 1.71 bits per heavy atom. The predicted octanol–water partition coefficient (Wildman–Crippen LogP) is -0.0262. The molecule has 78 valence electrons. The van der Waals surface area contributed by atoms with Crippen molar-refractivity contribution in [3.05, 3.63) is 12.2 Å². The lowest BCUT2D eigenvalue weighted by atomic mass is 9.94. The second kappa shape index (κ2) is 4.06. The van der Waals surface area contributed by atoms with E-state index in [9.17, 15) is 0 Å². The van der Waals surface area contributed by atoms with Crippen LogP contribution in [-0.2, 0) is 6.54 Å². The SMILES string of the molecule is CC1CCN(Cc2ncn[nH]2)CC1N. The molecular formula is C9H17N5. The highest BCUT2D eigenvalue weighted by Gasteiger charge is 2.23. The molecule has 0 aliphatic carbocycles. The van der Waals surface area contributed by atoms with Gasteiger partial charge >= 0.3 is 0 Å². The zero-order valence-electron chi connectivity index (χ0n) is 8.48. The molecule has 1 aliphatic rings. The topological polar surface area (TPSA) is 70.8 Å². The molecular weight excluding hydrogens is 178 g/mol. The van der Waals surface area contributed by atoms with Crippen molar-refractivity contribution in [1.29, 1.82) is 0 Å². The summed E-state index contributed by atoms with van der Waals surface area (Å²) in [6.07, 6.45) is 2.72. The lowest BCUT2D eigenvalue weighted by Gasteiger charge is -2.34. The number of piperidine rings is 1. The maximum absolute atomic E-state index is 6.01. The zero-order chi connectivity index (χ0) is 9.97. The first-order chi connectivity index (χ1) is 6.75. The first kappa shape index (κ1) is 9.61. The molecule has 0 bridgehead atoms. The highest BCUT2D eigenvalue weighted by molar-refractivity contribution is 4.85. The minimum Gasteiger partial charge on any atom is -0.326 e. The van der Waals surface area contributed by atoms with Crippen LogP contribution in [0.1, 0.15) is 19.2 Å². The van der Waals surface area contributed by atoms with Gasteiger partial charge in [0, 0.05) is 12.6 Å². The Bertz CT molecular complexity index is 271. The van der Waals surface area contributed by atoms with Gasteiger partial charge in [0.2, 0.25) is 0 Å². The van der Waals surface area contributed by atoms with E-state index in [1.165, 1.54) is 6.42 Å². The van der Waals surface area contributed by atoms with Gasteiger partial charge in [0.25, 0.3) is 0 Å². The molecule has 5 nitrogen and oxygen atoms in total. The molecule has 0 amide bonds. The van der Waals surface area contributed by atoms with Crippen LogP contribution >= 0.6 is 0 Å². The molecule has 1 saturated heterocycles. The Morgan fingerprint density at radius 2 is 2.57 bits per heavy atom. The average molecular weight is 195 g/mol. The van der Waals surface area contributed by atoms with Crippen LogP contribution in [0.4, 0.5) is 0 Å². The number of nitrogens with zero attached hydrogens (tertiary/aromatic N) is 3. The fourth-order valence-electron chi connectivity index (χ4n) is 1.83. The predicted molar refractivity (Wildman–Crippen MR) is 53.4 cm³/mol.